The second-order valence-electron chi connectivity index (χ2n) is 5.87. The van der Waals surface area contributed by atoms with Crippen LogP contribution in [0.5, 0.6) is 11.6 Å². The largest absolute Gasteiger partial charge is 0.439 e. The highest BCUT2D eigenvalue weighted by atomic mass is 32.2. The average Bonchev–Trinajstić information content (AvgIpc) is 2.68. The summed E-state index contributed by atoms with van der Waals surface area (Å²) < 4.78 is 83.3. The number of hydrogen-bond donors (Lipinski definition) is 1. The van der Waals surface area contributed by atoms with Crippen LogP contribution in [0.4, 0.5) is 17.6 Å². The maximum absolute atomic E-state index is 13.9. The third kappa shape index (κ3) is 4.92. The van der Waals surface area contributed by atoms with E-state index in [0.717, 1.165) is 12.3 Å². The Labute approximate surface area is 168 Å². The molecule has 3 rings (SSSR count). The summed E-state index contributed by atoms with van der Waals surface area (Å²) in [7, 11) is -4.46. The Balaban J connectivity index is 1.75. The summed E-state index contributed by atoms with van der Waals surface area (Å²) in [5, 5.41) is 0. The van der Waals surface area contributed by atoms with Crippen molar-refractivity contribution >= 4 is 15.9 Å². The lowest BCUT2D eigenvalue weighted by Crippen LogP contribution is -2.31. The number of ether oxygens (including phenoxy) is 1. The van der Waals surface area contributed by atoms with Crippen LogP contribution in [0.15, 0.2) is 71.8 Å². The predicted molar refractivity (Wildman–Crippen MR) is 96.8 cm³/mol. The van der Waals surface area contributed by atoms with Gasteiger partial charge in [0.15, 0.2) is 0 Å². The van der Waals surface area contributed by atoms with Crippen LogP contribution in [0.25, 0.3) is 0 Å². The first-order valence-corrected chi connectivity index (χ1v) is 9.67. The minimum Gasteiger partial charge on any atom is -0.439 e. The van der Waals surface area contributed by atoms with Crippen LogP contribution >= 0.6 is 0 Å². The number of pyridine rings is 1. The zero-order valence-corrected chi connectivity index (χ0v) is 15.7. The van der Waals surface area contributed by atoms with Crippen LogP contribution in [-0.2, 0) is 16.2 Å². The van der Waals surface area contributed by atoms with Gasteiger partial charge < -0.3 is 4.74 Å². The first kappa shape index (κ1) is 21.2. The molecule has 30 heavy (non-hydrogen) atoms. The molecule has 1 heterocycles. The van der Waals surface area contributed by atoms with E-state index < -0.39 is 43.9 Å². The second kappa shape index (κ2) is 8.11. The van der Waals surface area contributed by atoms with Crippen LogP contribution in [-0.4, -0.2) is 19.3 Å². The Morgan fingerprint density at radius 2 is 1.70 bits per heavy atom. The van der Waals surface area contributed by atoms with E-state index in [-0.39, 0.29) is 11.9 Å². The molecule has 3 aromatic rings. The van der Waals surface area contributed by atoms with Gasteiger partial charge in [0.25, 0.3) is 15.9 Å². The maximum atomic E-state index is 13.9. The third-order valence-electron chi connectivity index (χ3n) is 3.75. The lowest BCUT2D eigenvalue weighted by Gasteiger charge is -2.10. The van der Waals surface area contributed by atoms with E-state index in [4.69, 9.17) is 4.74 Å². The molecule has 0 fully saturated rings. The van der Waals surface area contributed by atoms with Crippen LogP contribution in [0.3, 0.4) is 0 Å². The van der Waals surface area contributed by atoms with Crippen molar-refractivity contribution in [1.29, 1.82) is 0 Å². The summed E-state index contributed by atoms with van der Waals surface area (Å²) in [6.45, 7) is 0. The summed E-state index contributed by atoms with van der Waals surface area (Å²) in [4.78, 5) is 15.5. The fourth-order valence-electron chi connectivity index (χ4n) is 2.31. The molecule has 0 atom stereocenters. The summed E-state index contributed by atoms with van der Waals surface area (Å²) in [5.74, 6) is -2.39. The molecular weight excluding hydrogens is 428 g/mol. The topological polar surface area (TPSA) is 85.4 Å². The minimum absolute atomic E-state index is 0.0836. The molecule has 0 radical (unpaired) electrons. The molecule has 0 aliphatic heterocycles. The van der Waals surface area contributed by atoms with Gasteiger partial charge in [0.2, 0.25) is 5.88 Å². The highest BCUT2D eigenvalue weighted by Gasteiger charge is 2.32. The molecule has 0 spiro atoms. The molecule has 156 valence electrons. The van der Waals surface area contributed by atoms with Crippen molar-refractivity contribution in [1.82, 2.24) is 9.71 Å². The van der Waals surface area contributed by atoms with Gasteiger partial charge in [0, 0.05) is 6.07 Å². The van der Waals surface area contributed by atoms with Crippen LogP contribution in [0.2, 0.25) is 0 Å². The Morgan fingerprint density at radius 3 is 2.27 bits per heavy atom. The van der Waals surface area contributed by atoms with Gasteiger partial charge in [-0.15, -0.1) is 0 Å². The van der Waals surface area contributed by atoms with Gasteiger partial charge in [-0.3, -0.25) is 4.79 Å². The Morgan fingerprint density at radius 1 is 1.00 bits per heavy atom. The number of amides is 1. The van der Waals surface area contributed by atoms with Crippen molar-refractivity contribution in [2.75, 3.05) is 0 Å². The lowest BCUT2D eigenvalue weighted by atomic mass is 10.1. The molecule has 1 N–H and O–H groups in total. The number of carbonyl (C=O) groups is 1. The summed E-state index contributed by atoms with van der Waals surface area (Å²) in [5.41, 5.74) is -2.17. The van der Waals surface area contributed by atoms with Crippen molar-refractivity contribution in [3.63, 3.8) is 0 Å². The molecule has 0 saturated carbocycles. The number of carbonyl (C=O) groups excluding carboxylic acids is 1. The lowest BCUT2D eigenvalue weighted by molar-refractivity contribution is -0.137. The van der Waals surface area contributed by atoms with Gasteiger partial charge in [-0.05, 0) is 36.4 Å². The van der Waals surface area contributed by atoms with Gasteiger partial charge in [0.1, 0.15) is 16.5 Å². The molecule has 0 aliphatic carbocycles. The van der Waals surface area contributed by atoms with Gasteiger partial charge in [-0.2, -0.15) is 13.2 Å². The molecule has 2 aromatic carbocycles. The van der Waals surface area contributed by atoms with Crippen LogP contribution in [0.1, 0.15) is 15.9 Å². The molecule has 6 nitrogen and oxygen atoms in total. The third-order valence-corrected chi connectivity index (χ3v) is 5.07. The summed E-state index contributed by atoms with van der Waals surface area (Å²) >= 11 is 0. The van der Waals surface area contributed by atoms with Gasteiger partial charge >= 0.3 is 6.18 Å². The zero-order valence-electron chi connectivity index (χ0n) is 14.9. The Hall–Kier alpha value is -3.47. The number of rotatable bonds is 5. The van der Waals surface area contributed by atoms with E-state index in [1.165, 1.54) is 6.07 Å². The normalized spacial score (nSPS) is 11.7. The Kier molecular flexibility index (Phi) is 5.74. The number of nitrogens with one attached hydrogen (secondary N) is 1. The van der Waals surface area contributed by atoms with E-state index in [2.05, 4.69) is 4.98 Å². The molecule has 0 bridgehead atoms. The van der Waals surface area contributed by atoms with Crippen LogP contribution in [0, 0.1) is 5.82 Å². The monoisotopic (exact) mass is 440 g/mol. The number of halogens is 4. The SMILES string of the molecule is O=C(NS(=O)(=O)c1ccc(Oc2ccccc2)nc1)c1ccc(C(F)(F)F)cc1F. The fourth-order valence-corrected chi connectivity index (χ4v) is 3.22. The molecule has 0 saturated heterocycles. The summed E-state index contributed by atoms with van der Waals surface area (Å²) in [6, 6.07) is 12.0. The molecule has 11 heteroatoms. The molecule has 1 amide bonds. The van der Waals surface area contributed by atoms with Crippen molar-refractivity contribution in [2.24, 2.45) is 0 Å². The van der Waals surface area contributed by atoms with Crippen molar-refractivity contribution in [3.8, 4) is 11.6 Å². The number of benzene rings is 2. The predicted octanol–water partition coefficient (Wildman–Crippen LogP) is 4.15. The highest BCUT2D eigenvalue weighted by molar-refractivity contribution is 7.90. The Bertz CT molecular complexity index is 1170. The van der Waals surface area contributed by atoms with Crippen LogP contribution < -0.4 is 9.46 Å². The number of aromatic nitrogens is 1. The highest BCUT2D eigenvalue weighted by Crippen LogP contribution is 2.30. The fraction of sp³-hybridized carbons (Fsp3) is 0.0526. The smallest absolute Gasteiger partial charge is 0.416 e. The van der Waals surface area contributed by atoms with E-state index in [1.54, 1.807) is 35.1 Å². The standard InChI is InChI=1S/C19H12F4N2O4S/c20-16-10-12(19(21,22)23)6-8-15(16)18(26)25-30(27,28)14-7-9-17(24-11-14)29-13-4-2-1-3-5-13/h1-11H,(H,25,26). The quantitative estimate of drug-likeness (QED) is 0.603. The summed E-state index contributed by atoms with van der Waals surface area (Å²) in [6.07, 6.45) is -3.89. The van der Waals surface area contributed by atoms with E-state index in [1.807, 2.05) is 0 Å². The zero-order chi connectivity index (χ0) is 21.9. The van der Waals surface area contributed by atoms with E-state index in [9.17, 15) is 30.8 Å². The number of hydrogen-bond acceptors (Lipinski definition) is 5. The average molecular weight is 440 g/mol. The van der Waals surface area contributed by atoms with E-state index >= 15 is 0 Å². The maximum Gasteiger partial charge on any atom is 0.416 e. The first-order chi connectivity index (χ1) is 14.1. The van der Waals surface area contributed by atoms with Crippen molar-refractivity contribution < 1.29 is 35.5 Å². The number of alkyl halides is 3. The van der Waals surface area contributed by atoms with Crippen molar-refractivity contribution in [3.05, 3.63) is 83.8 Å². The molecule has 1 aromatic heterocycles. The molecular formula is C19H12F4N2O4S. The first-order valence-electron chi connectivity index (χ1n) is 8.19. The van der Waals surface area contributed by atoms with Gasteiger partial charge in [-0.1, -0.05) is 18.2 Å². The van der Waals surface area contributed by atoms with Gasteiger partial charge in [-0.25, -0.2) is 22.5 Å². The number of para-hydroxylation sites is 1. The molecule has 0 unspecified atom stereocenters. The van der Waals surface area contributed by atoms with E-state index in [0.29, 0.717) is 17.9 Å². The number of sulfonamides is 1. The number of nitrogens with zero attached hydrogens (tertiary/aromatic N) is 1. The minimum atomic E-state index is -4.81. The second-order valence-corrected chi connectivity index (χ2v) is 7.56. The van der Waals surface area contributed by atoms with Gasteiger partial charge in [0.05, 0.1) is 17.3 Å². The van der Waals surface area contributed by atoms with Crippen molar-refractivity contribution in [2.45, 2.75) is 11.1 Å². The molecule has 0 aliphatic rings.